The van der Waals surface area contributed by atoms with Crippen LogP contribution in [0.2, 0.25) is 0 Å². The highest BCUT2D eigenvalue weighted by molar-refractivity contribution is 7.99. The van der Waals surface area contributed by atoms with E-state index in [1.165, 1.54) is 12.1 Å². The number of hydrogen-bond acceptors (Lipinski definition) is 2. The van der Waals surface area contributed by atoms with Gasteiger partial charge in [-0.15, -0.1) is 0 Å². The smallest absolute Gasteiger partial charge is 0.140 e. The van der Waals surface area contributed by atoms with E-state index in [-0.39, 0.29) is 10.9 Å². The molecule has 4 heteroatoms. The van der Waals surface area contributed by atoms with E-state index in [9.17, 15) is 8.78 Å². The number of nitrogens with two attached hydrogens (primary N) is 1. The van der Waals surface area contributed by atoms with Gasteiger partial charge in [0.15, 0.2) is 0 Å². The first-order valence-corrected chi connectivity index (χ1v) is 7.25. The third-order valence-electron chi connectivity index (χ3n) is 2.86. The Labute approximate surface area is 122 Å². The molecule has 1 nitrogen and oxygen atoms in total. The highest BCUT2D eigenvalue weighted by atomic mass is 32.2. The molecule has 0 heterocycles. The zero-order valence-electron chi connectivity index (χ0n) is 11.5. The molecule has 20 heavy (non-hydrogen) atoms. The first-order valence-electron chi connectivity index (χ1n) is 6.43. The summed E-state index contributed by atoms with van der Waals surface area (Å²) in [6.45, 7) is 3.78. The minimum Gasteiger partial charge on any atom is -0.328 e. The fraction of sp³-hybridized carbons (Fsp3) is 0.250. The highest BCUT2D eigenvalue weighted by Crippen LogP contribution is 2.33. The van der Waals surface area contributed by atoms with Crippen LogP contribution in [0.4, 0.5) is 8.78 Å². The van der Waals surface area contributed by atoms with Crippen LogP contribution in [0.1, 0.15) is 18.1 Å². The summed E-state index contributed by atoms with van der Waals surface area (Å²) >= 11 is 1.10. The van der Waals surface area contributed by atoms with Crippen molar-refractivity contribution in [3.05, 3.63) is 59.2 Å². The molecular formula is C16H17F2NS. The molecule has 0 aliphatic heterocycles. The fourth-order valence-corrected chi connectivity index (χ4v) is 2.74. The molecule has 0 radical (unpaired) electrons. The predicted octanol–water partition coefficient (Wildman–Crippen LogP) is 4.31. The maximum absolute atomic E-state index is 14.0. The first-order chi connectivity index (χ1) is 9.45. The van der Waals surface area contributed by atoms with Gasteiger partial charge in [-0.1, -0.05) is 29.5 Å². The van der Waals surface area contributed by atoms with Crippen LogP contribution >= 0.6 is 11.8 Å². The van der Waals surface area contributed by atoms with Gasteiger partial charge >= 0.3 is 0 Å². The van der Waals surface area contributed by atoms with E-state index in [4.69, 9.17) is 5.73 Å². The molecule has 0 aliphatic rings. The average molecular weight is 293 g/mol. The molecule has 0 fully saturated rings. The third kappa shape index (κ3) is 3.81. The van der Waals surface area contributed by atoms with Crippen molar-refractivity contribution in [3.63, 3.8) is 0 Å². The Balaban J connectivity index is 2.26. The Kier molecular flexibility index (Phi) is 4.78. The fourth-order valence-electron chi connectivity index (χ4n) is 1.92. The number of halogens is 2. The standard InChI is InChI=1S/C16H17F2NS/c1-10-3-5-13(6-4-10)20-16-14(17)8-12(7-11(2)19)9-15(16)18/h3-6,8-9,11H,7,19H2,1-2H3. The van der Waals surface area contributed by atoms with Gasteiger partial charge in [0.25, 0.3) is 0 Å². The Bertz CT molecular complexity index is 571. The number of hydrogen-bond donors (Lipinski definition) is 1. The lowest BCUT2D eigenvalue weighted by molar-refractivity contribution is 0.535. The lowest BCUT2D eigenvalue weighted by Gasteiger charge is -2.10. The van der Waals surface area contributed by atoms with Gasteiger partial charge < -0.3 is 5.73 Å². The molecule has 0 aromatic heterocycles. The van der Waals surface area contributed by atoms with E-state index in [1.54, 1.807) is 0 Å². The van der Waals surface area contributed by atoms with Crippen molar-refractivity contribution in [3.8, 4) is 0 Å². The van der Waals surface area contributed by atoms with E-state index in [0.717, 1.165) is 22.2 Å². The third-order valence-corrected chi connectivity index (χ3v) is 3.96. The van der Waals surface area contributed by atoms with Gasteiger partial charge in [0.1, 0.15) is 11.6 Å². The van der Waals surface area contributed by atoms with Gasteiger partial charge in [-0.05, 0) is 50.1 Å². The monoisotopic (exact) mass is 293 g/mol. The summed E-state index contributed by atoms with van der Waals surface area (Å²) in [5, 5.41) is 0. The van der Waals surface area contributed by atoms with Crippen molar-refractivity contribution in [2.45, 2.75) is 36.1 Å². The van der Waals surface area contributed by atoms with E-state index >= 15 is 0 Å². The second-order valence-corrected chi connectivity index (χ2v) is 6.07. The average Bonchev–Trinajstić information content (AvgIpc) is 2.35. The van der Waals surface area contributed by atoms with Gasteiger partial charge in [-0.3, -0.25) is 0 Å². The zero-order valence-corrected chi connectivity index (χ0v) is 12.3. The van der Waals surface area contributed by atoms with Crippen LogP contribution in [0.25, 0.3) is 0 Å². The van der Waals surface area contributed by atoms with Crippen LogP contribution in [0.3, 0.4) is 0 Å². The predicted molar refractivity (Wildman–Crippen MR) is 79.0 cm³/mol. The van der Waals surface area contributed by atoms with Gasteiger partial charge in [0.2, 0.25) is 0 Å². The summed E-state index contributed by atoms with van der Waals surface area (Å²) in [4.78, 5) is 0.843. The molecule has 0 saturated heterocycles. The minimum atomic E-state index is -0.536. The van der Waals surface area contributed by atoms with Crippen LogP contribution in [0.15, 0.2) is 46.2 Å². The summed E-state index contributed by atoms with van der Waals surface area (Å²) in [5.74, 6) is -1.07. The van der Waals surface area contributed by atoms with Gasteiger partial charge in [-0.25, -0.2) is 8.78 Å². The SMILES string of the molecule is Cc1ccc(Sc2c(F)cc(CC(C)N)cc2F)cc1. The quantitative estimate of drug-likeness (QED) is 0.909. The Hall–Kier alpha value is -1.39. The normalized spacial score (nSPS) is 12.4. The largest absolute Gasteiger partial charge is 0.328 e. The Morgan fingerprint density at radius 2 is 1.65 bits per heavy atom. The van der Waals surface area contributed by atoms with Crippen molar-refractivity contribution in [2.75, 3.05) is 0 Å². The minimum absolute atomic E-state index is 0.0299. The van der Waals surface area contributed by atoms with Crippen molar-refractivity contribution in [1.82, 2.24) is 0 Å². The first kappa shape index (κ1) is 15.0. The lowest BCUT2D eigenvalue weighted by atomic mass is 10.1. The molecule has 0 amide bonds. The van der Waals surface area contributed by atoms with Crippen molar-refractivity contribution < 1.29 is 8.78 Å². The summed E-state index contributed by atoms with van der Waals surface area (Å²) in [5.41, 5.74) is 7.35. The zero-order chi connectivity index (χ0) is 14.7. The van der Waals surface area contributed by atoms with Crippen molar-refractivity contribution >= 4 is 11.8 Å². The Morgan fingerprint density at radius 1 is 1.10 bits per heavy atom. The highest BCUT2D eigenvalue weighted by Gasteiger charge is 2.13. The molecule has 2 rings (SSSR count). The molecule has 2 N–H and O–H groups in total. The second kappa shape index (κ2) is 6.37. The van der Waals surface area contributed by atoms with Crippen molar-refractivity contribution in [2.24, 2.45) is 5.73 Å². The second-order valence-electron chi connectivity index (χ2n) is 4.99. The molecule has 106 valence electrons. The number of benzene rings is 2. The Morgan fingerprint density at radius 3 is 2.15 bits per heavy atom. The van der Waals surface area contributed by atoms with Crippen LogP contribution in [-0.4, -0.2) is 6.04 Å². The van der Waals surface area contributed by atoms with Crippen molar-refractivity contribution in [1.29, 1.82) is 0 Å². The van der Waals surface area contributed by atoms with E-state index in [0.29, 0.717) is 12.0 Å². The number of rotatable bonds is 4. The molecule has 0 bridgehead atoms. The molecule has 0 aliphatic carbocycles. The van der Waals surface area contributed by atoms with Crippen LogP contribution < -0.4 is 5.73 Å². The van der Waals surface area contributed by atoms with E-state index < -0.39 is 11.6 Å². The van der Waals surface area contributed by atoms with Gasteiger partial charge in [0, 0.05) is 10.9 Å². The molecule has 0 saturated carbocycles. The summed E-state index contributed by atoms with van der Waals surface area (Å²) in [6.07, 6.45) is 0.462. The van der Waals surface area contributed by atoms with Gasteiger partial charge in [0.05, 0.1) is 4.90 Å². The van der Waals surface area contributed by atoms with E-state index in [1.807, 2.05) is 38.1 Å². The maximum atomic E-state index is 14.0. The molecule has 2 aromatic carbocycles. The molecule has 1 unspecified atom stereocenters. The molecule has 1 atom stereocenters. The molecule has 2 aromatic rings. The molecular weight excluding hydrogens is 276 g/mol. The summed E-state index contributed by atoms with van der Waals surface area (Å²) in [7, 11) is 0. The summed E-state index contributed by atoms with van der Waals surface area (Å²) in [6, 6.07) is 10.2. The van der Waals surface area contributed by atoms with Gasteiger partial charge in [-0.2, -0.15) is 0 Å². The lowest BCUT2D eigenvalue weighted by Crippen LogP contribution is -2.18. The molecule has 0 spiro atoms. The maximum Gasteiger partial charge on any atom is 0.140 e. The van der Waals surface area contributed by atoms with E-state index in [2.05, 4.69) is 0 Å². The summed E-state index contributed by atoms with van der Waals surface area (Å²) < 4.78 is 28.0. The van der Waals surface area contributed by atoms with Crippen LogP contribution in [0.5, 0.6) is 0 Å². The van der Waals surface area contributed by atoms with Crippen LogP contribution in [0, 0.1) is 18.6 Å². The van der Waals surface area contributed by atoms with Crippen LogP contribution in [-0.2, 0) is 6.42 Å². The topological polar surface area (TPSA) is 26.0 Å². The number of aryl methyl sites for hydroxylation is 1.